The van der Waals surface area contributed by atoms with Crippen LogP contribution in [-0.2, 0) is 19.4 Å². The van der Waals surface area contributed by atoms with Gasteiger partial charge in [0.15, 0.2) is 0 Å². The molecule has 0 unspecified atom stereocenters. The van der Waals surface area contributed by atoms with Crippen molar-refractivity contribution in [1.29, 1.82) is 0 Å². The first kappa shape index (κ1) is 16.9. The Morgan fingerprint density at radius 3 is 2.64 bits per heavy atom. The summed E-state index contributed by atoms with van der Waals surface area (Å²) in [4.78, 5) is 21.1. The number of rotatable bonds is 5. The fourth-order valence-corrected chi connectivity index (χ4v) is 4.92. The summed E-state index contributed by atoms with van der Waals surface area (Å²) in [6.45, 7) is 9.44. The molecule has 5 nitrogen and oxygen atoms in total. The molecule has 1 fully saturated rings. The van der Waals surface area contributed by atoms with Gasteiger partial charge in [-0.2, -0.15) is 0 Å². The van der Waals surface area contributed by atoms with E-state index in [1.54, 1.807) is 29.0 Å². The molecule has 1 saturated heterocycles. The number of hydrogen-bond donors (Lipinski definition) is 0. The van der Waals surface area contributed by atoms with E-state index in [1.165, 1.54) is 21.0 Å². The molecule has 0 aliphatic carbocycles. The van der Waals surface area contributed by atoms with Crippen LogP contribution in [0.2, 0.25) is 0 Å². The van der Waals surface area contributed by atoms with Crippen LogP contribution < -0.4 is 4.90 Å². The molecule has 3 aromatic rings. The van der Waals surface area contributed by atoms with Crippen LogP contribution in [0, 0.1) is 0 Å². The largest absolute Gasteiger partial charge is 0.353 e. The Morgan fingerprint density at radius 1 is 1.08 bits per heavy atom. The SMILES string of the molecule is CCc1cc2c(N3CCN(Cc4csc(CC)n4)CC3)ncnc2s1. The number of anilines is 1. The highest BCUT2D eigenvalue weighted by molar-refractivity contribution is 7.18. The van der Waals surface area contributed by atoms with Gasteiger partial charge in [0.25, 0.3) is 0 Å². The van der Waals surface area contributed by atoms with Crippen LogP contribution in [0.5, 0.6) is 0 Å². The van der Waals surface area contributed by atoms with Crippen molar-refractivity contribution in [2.75, 3.05) is 31.1 Å². The van der Waals surface area contributed by atoms with Gasteiger partial charge in [0.2, 0.25) is 0 Å². The molecular weight excluding hydrogens is 350 g/mol. The molecule has 0 aromatic carbocycles. The van der Waals surface area contributed by atoms with Gasteiger partial charge in [0, 0.05) is 43.0 Å². The van der Waals surface area contributed by atoms with Crippen molar-refractivity contribution < 1.29 is 0 Å². The highest BCUT2D eigenvalue weighted by Gasteiger charge is 2.21. The van der Waals surface area contributed by atoms with Crippen LogP contribution in [0.4, 0.5) is 5.82 Å². The van der Waals surface area contributed by atoms with Crippen molar-refractivity contribution in [2.45, 2.75) is 33.2 Å². The van der Waals surface area contributed by atoms with Crippen LogP contribution in [0.15, 0.2) is 17.8 Å². The van der Waals surface area contributed by atoms with E-state index in [-0.39, 0.29) is 0 Å². The zero-order valence-electron chi connectivity index (χ0n) is 14.7. The maximum atomic E-state index is 4.70. The molecule has 25 heavy (non-hydrogen) atoms. The van der Waals surface area contributed by atoms with Gasteiger partial charge >= 0.3 is 0 Å². The van der Waals surface area contributed by atoms with Crippen molar-refractivity contribution in [1.82, 2.24) is 19.9 Å². The number of fused-ring (bicyclic) bond motifs is 1. The number of piperazine rings is 1. The molecule has 1 aliphatic rings. The van der Waals surface area contributed by atoms with E-state index in [4.69, 9.17) is 4.98 Å². The number of thiazole rings is 1. The molecular formula is C18H23N5S2. The maximum absolute atomic E-state index is 4.70. The molecule has 4 heterocycles. The molecule has 0 spiro atoms. The third-order valence-corrected chi connectivity index (χ3v) is 6.90. The summed E-state index contributed by atoms with van der Waals surface area (Å²) in [5, 5.41) is 4.66. The number of hydrogen-bond acceptors (Lipinski definition) is 7. The molecule has 4 rings (SSSR count). The Bertz CT molecular complexity index is 848. The third-order valence-electron chi connectivity index (χ3n) is 4.67. The summed E-state index contributed by atoms with van der Waals surface area (Å²) >= 11 is 3.56. The first-order valence-electron chi connectivity index (χ1n) is 8.90. The lowest BCUT2D eigenvalue weighted by Crippen LogP contribution is -2.46. The summed E-state index contributed by atoms with van der Waals surface area (Å²) in [7, 11) is 0. The van der Waals surface area contributed by atoms with Gasteiger partial charge in [-0.15, -0.1) is 22.7 Å². The predicted octanol–water partition coefficient (Wildman–Crippen LogP) is 3.59. The van der Waals surface area contributed by atoms with Crippen molar-refractivity contribution in [2.24, 2.45) is 0 Å². The molecule has 0 bridgehead atoms. The second kappa shape index (κ2) is 7.35. The van der Waals surface area contributed by atoms with Crippen LogP contribution >= 0.6 is 22.7 Å². The van der Waals surface area contributed by atoms with E-state index in [0.717, 1.165) is 56.2 Å². The average molecular weight is 374 g/mol. The Balaban J connectivity index is 1.44. The monoisotopic (exact) mass is 373 g/mol. The van der Waals surface area contributed by atoms with E-state index in [2.05, 4.69) is 45.1 Å². The number of aryl methyl sites for hydroxylation is 2. The Morgan fingerprint density at radius 2 is 1.92 bits per heavy atom. The second-order valence-corrected chi connectivity index (χ2v) is 8.39. The van der Waals surface area contributed by atoms with E-state index in [1.807, 2.05) is 0 Å². The van der Waals surface area contributed by atoms with Crippen molar-refractivity contribution >= 4 is 38.7 Å². The minimum absolute atomic E-state index is 0.960. The standard InChI is InChI=1S/C18H23N5S2/c1-3-14-9-15-17(19-12-20-18(15)25-14)23-7-5-22(6-8-23)10-13-11-24-16(4-2)21-13/h9,11-12H,3-8,10H2,1-2H3. The van der Waals surface area contributed by atoms with Crippen molar-refractivity contribution in [3.63, 3.8) is 0 Å². The van der Waals surface area contributed by atoms with E-state index in [0.29, 0.717) is 0 Å². The highest BCUT2D eigenvalue weighted by atomic mass is 32.1. The lowest BCUT2D eigenvalue weighted by molar-refractivity contribution is 0.247. The maximum Gasteiger partial charge on any atom is 0.140 e. The first-order valence-corrected chi connectivity index (χ1v) is 10.6. The summed E-state index contributed by atoms with van der Waals surface area (Å²) in [6.07, 6.45) is 3.80. The van der Waals surface area contributed by atoms with Gasteiger partial charge in [0.05, 0.1) is 16.1 Å². The Kier molecular flexibility index (Phi) is 4.96. The van der Waals surface area contributed by atoms with Gasteiger partial charge in [-0.3, -0.25) is 4.90 Å². The summed E-state index contributed by atoms with van der Waals surface area (Å²) in [5.74, 6) is 1.10. The van der Waals surface area contributed by atoms with Gasteiger partial charge in [-0.25, -0.2) is 15.0 Å². The fourth-order valence-electron chi connectivity index (χ4n) is 3.25. The van der Waals surface area contributed by atoms with Gasteiger partial charge < -0.3 is 4.90 Å². The second-order valence-electron chi connectivity index (χ2n) is 6.33. The molecule has 0 radical (unpaired) electrons. The summed E-state index contributed by atoms with van der Waals surface area (Å²) in [6, 6.07) is 2.27. The van der Waals surface area contributed by atoms with E-state index >= 15 is 0 Å². The summed E-state index contributed by atoms with van der Waals surface area (Å²) in [5.41, 5.74) is 1.21. The first-order chi connectivity index (χ1) is 12.3. The fraction of sp³-hybridized carbons (Fsp3) is 0.500. The van der Waals surface area contributed by atoms with Crippen molar-refractivity contribution in [3.8, 4) is 0 Å². The molecule has 1 aliphatic heterocycles. The number of thiophene rings is 1. The minimum Gasteiger partial charge on any atom is -0.353 e. The topological polar surface area (TPSA) is 45.2 Å². The smallest absolute Gasteiger partial charge is 0.140 e. The predicted molar refractivity (Wildman–Crippen MR) is 106 cm³/mol. The molecule has 0 saturated carbocycles. The minimum atomic E-state index is 0.960. The number of nitrogens with zero attached hydrogens (tertiary/aromatic N) is 5. The van der Waals surface area contributed by atoms with Gasteiger partial charge in [0.1, 0.15) is 17.0 Å². The van der Waals surface area contributed by atoms with Crippen LogP contribution in [0.1, 0.15) is 29.4 Å². The van der Waals surface area contributed by atoms with Gasteiger partial charge in [-0.1, -0.05) is 13.8 Å². The van der Waals surface area contributed by atoms with Crippen molar-refractivity contribution in [3.05, 3.63) is 33.4 Å². The lowest BCUT2D eigenvalue weighted by Gasteiger charge is -2.35. The molecule has 0 amide bonds. The zero-order valence-corrected chi connectivity index (χ0v) is 16.4. The summed E-state index contributed by atoms with van der Waals surface area (Å²) < 4.78 is 0. The third kappa shape index (κ3) is 3.54. The number of aromatic nitrogens is 3. The molecule has 7 heteroatoms. The van der Waals surface area contributed by atoms with Crippen LogP contribution in [-0.4, -0.2) is 46.0 Å². The molecule has 3 aromatic heterocycles. The average Bonchev–Trinajstić information content (AvgIpc) is 3.28. The van der Waals surface area contributed by atoms with Gasteiger partial charge in [-0.05, 0) is 18.9 Å². The van der Waals surface area contributed by atoms with E-state index < -0.39 is 0 Å². The van der Waals surface area contributed by atoms with Crippen LogP contribution in [0.3, 0.4) is 0 Å². The molecule has 0 atom stereocenters. The lowest BCUT2D eigenvalue weighted by atomic mass is 10.2. The quantitative estimate of drug-likeness (QED) is 0.684. The Labute approximate surface area is 156 Å². The van der Waals surface area contributed by atoms with E-state index in [9.17, 15) is 0 Å². The zero-order chi connectivity index (χ0) is 17.2. The Hall–Kier alpha value is -1.57. The molecule has 0 N–H and O–H groups in total. The van der Waals surface area contributed by atoms with Crippen LogP contribution in [0.25, 0.3) is 10.2 Å². The molecule has 132 valence electrons. The normalized spacial score (nSPS) is 16.0. The highest BCUT2D eigenvalue weighted by Crippen LogP contribution is 2.31.